The van der Waals surface area contributed by atoms with E-state index in [4.69, 9.17) is 0 Å². The lowest BCUT2D eigenvalue weighted by molar-refractivity contribution is -0.116. The van der Waals surface area contributed by atoms with Gasteiger partial charge in [-0.3, -0.25) is 14.5 Å². The summed E-state index contributed by atoms with van der Waals surface area (Å²) in [5.74, 6) is -0.130. The molecule has 1 N–H and O–H groups in total. The van der Waals surface area contributed by atoms with Crippen molar-refractivity contribution in [3.63, 3.8) is 0 Å². The Morgan fingerprint density at radius 1 is 1.35 bits per heavy atom. The van der Waals surface area contributed by atoms with Crippen molar-refractivity contribution >= 4 is 23.3 Å². The highest BCUT2D eigenvalue weighted by molar-refractivity contribution is 7.10. The fourth-order valence-electron chi connectivity index (χ4n) is 2.19. The van der Waals surface area contributed by atoms with Crippen LogP contribution in [0.5, 0.6) is 0 Å². The maximum Gasteiger partial charge on any atom is 0.244 e. The molecule has 0 saturated heterocycles. The van der Waals surface area contributed by atoms with Gasteiger partial charge in [0.25, 0.3) is 0 Å². The van der Waals surface area contributed by atoms with Gasteiger partial charge in [0, 0.05) is 36.0 Å². The molecule has 1 amide bonds. The van der Waals surface area contributed by atoms with Gasteiger partial charge in [-0.25, -0.2) is 0 Å². The van der Waals surface area contributed by atoms with Crippen LogP contribution in [0.25, 0.3) is 17.3 Å². The lowest BCUT2D eigenvalue weighted by Crippen LogP contribution is -2.20. The fraction of sp³-hybridized carbons (Fsp3) is 0.118. The van der Waals surface area contributed by atoms with Crippen molar-refractivity contribution < 1.29 is 4.79 Å². The van der Waals surface area contributed by atoms with Crippen molar-refractivity contribution in [1.82, 2.24) is 20.1 Å². The van der Waals surface area contributed by atoms with Crippen LogP contribution < -0.4 is 5.32 Å². The number of amides is 1. The Bertz CT molecular complexity index is 807. The molecule has 0 bridgehead atoms. The summed E-state index contributed by atoms with van der Waals surface area (Å²) in [5.41, 5.74) is 2.85. The van der Waals surface area contributed by atoms with Crippen LogP contribution in [-0.2, 0) is 18.4 Å². The predicted molar refractivity (Wildman–Crippen MR) is 91.6 cm³/mol. The Morgan fingerprint density at radius 2 is 2.17 bits per heavy atom. The molecule has 116 valence electrons. The van der Waals surface area contributed by atoms with Crippen molar-refractivity contribution in [2.24, 2.45) is 7.05 Å². The normalized spacial score (nSPS) is 11.0. The van der Waals surface area contributed by atoms with E-state index in [1.54, 1.807) is 40.6 Å². The summed E-state index contributed by atoms with van der Waals surface area (Å²) in [4.78, 5) is 16.9. The van der Waals surface area contributed by atoms with Crippen LogP contribution in [0.1, 0.15) is 10.6 Å². The number of carbonyl (C=O) groups excluding carboxylic acids is 1. The van der Waals surface area contributed by atoms with Gasteiger partial charge in [0.2, 0.25) is 5.91 Å². The van der Waals surface area contributed by atoms with Crippen molar-refractivity contribution in [2.45, 2.75) is 6.54 Å². The van der Waals surface area contributed by atoms with Crippen molar-refractivity contribution in [1.29, 1.82) is 0 Å². The van der Waals surface area contributed by atoms with E-state index in [2.05, 4.69) is 15.4 Å². The molecule has 0 aliphatic rings. The molecule has 3 rings (SSSR count). The quantitative estimate of drug-likeness (QED) is 0.734. The van der Waals surface area contributed by atoms with Crippen LogP contribution in [0.2, 0.25) is 0 Å². The Labute approximate surface area is 138 Å². The Kier molecular flexibility index (Phi) is 4.63. The summed E-state index contributed by atoms with van der Waals surface area (Å²) in [6, 6.07) is 9.76. The molecule has 0 aliphatic carbocycles. The van der Waals surface area contributed by atoms with Gasteiger partial charge in [0.15, 0.2) is 0 Å². The van der Waals surface area contributed by atoms with Crippen molar-refractivity contribution in [2.75, 3.05) is 0 Å². The molecule has 0 fully saturated rings. The van der Waals surface area contributed by atoms with Gasteiger partial charge in [-0.15, -0.1) is 11.3 Å². The van der Waals surface area contributed by atoms with Crippen molar-refractivity contribution in [3.05, 3.63) is 64.8 Å². The van der Waals surface area contributed by atoms with Gasteiger partial charge < -0.3 is 5.32 Å². The van der Waals surface area contributed by atoms with Crippen LogP contribution >= 0.6 is 11.3 Å². The van der Waals surface area contributed by atoms with E-state index in [1.807, 2.05) is 42.8 Å². The third-order valence-corrected chi connectivity index (χ3v) is 4.13. The molecule has 0 aromatic carbocycles. The van der Waals surface area contributed by atoms with Gasteiger partial charge in [-0.05, 0) is 35.7 Å². The molecule has 0 aliphatic heterocycles. The van der Waals surface area contributed by atoms with Crippen LogP contribution in [-0.4, -0.2) is 20.7 Å². The molecule has 0 saturated carbocycles. The summed E-state index contributed by atoms with van der Waals surface area (Å²) in [7, 11) is 1.89. The van der Waals surface area contributed by atoms with E-state index in [-0.39, 0.29) is 5.91 Å². The topological polar surface area (TPSA) is 59.8 Å². The Morgan fingerprint density at radius 3 is 2.91 bits per heavy atom. The van der Waals surface area contributed by atoms with E-state index in [0.29, 0.717) is 6.54 Å². The van der Waals surface area contributed by atoms with Crippen LogP contribution in [0, 0.1) is 0 Å². The molecule has 0 atom stereocenters. The second kappa shape index (κ2) is 7.02. The third-order valence-electron chi connectivity index (χ3n) is 3.29. The summed E-state index contributed by atoms with van der Waals surface area (Å²) in [6.45, 7) is 0.395. The monoisotopic (exact) mass is 324 g/mol. The van der Waals surface area contributed by atoms with Gasteiger partial charge in [0.1, 0.15) is 0 Å². The number of aryl methyl sites for hydroxylation is 1. The van der Waals surface area contributed by atoms with Crippen LogP contribution in [0.15, 0.2) is 54.2 Å². The molecule has 5 nitrogen and oxygen atoms in total. The number of aromatic nitrogens is 3. The van der Waals surface area contributed by atoms with Crippen LogP contribution in [0.3, 0.4) is 0 Å². The number of carbonyl (C=O) groups is 1. The molecule has 23 heavy (non-hydrogen) atoms. The number of nitrogens with zero attached hydrogens (tertiary/aromatic N) is 3. The predicted octanol–water partition coefficient (Wildman–Crippen LogP) is 2.87. The molecule has 6 heteroatoms. The van der Waals surface area contributed by atoms with E-state index in [1.165, 1.54) is 0 Å². The first-order valence-corrected chi connectivity index (χ1v) is 8.03. The zero-order valence-electron chi connectivity index (χ0n) is 12.6. The third kappa shape index (κ3) is 3.92. The Balaban J connectivity index is 1.62. The number of pyridine rings is 1. The first-order valence-electron chi connectivity index (χ1n) is 7.15. The number of hydrogen-bond acceptors (Lipinski definition) is 4. The zero-order chi connectivity index (χ0) is 16.1. The average molecular weight is 324 g/mol. The fourth-order valence-corrected chi connectivity index (χ4v) is 2.80. The minimum absolute atomic E-state index is 0.130. The SMILES string of the molecule is Cn1nc(CNC(=O)/C=C/c2cccs2)cc1-c1ccncc1. The second-order valence-corrected chi connectivity index (χ2v) is 5.93. The summed E-state index contributed by atoms with van der Waals surface area (Å²) < 4.78 is 1.80. The lowest BCUT2D eigenvalue weighted by Gasteiger charge is -1.99. The zero-order valence-corrected chi connectivity index (χ0v) is 13.5. The Hall–Kier alpha value is -2.73. The average Bonchev–Trinajstić information content (AvgIpc) is 3.21. The number of hydrogen-bond donors (Lipinski definition) is 1. The molecule has 0 spiro atoms. The minimum atomic E-state index is -0.130. The maximum atomic E-state index is 11.8. The summed E-state index contributed by atoms with van der Waals surface area (Å²) in [6.07, 6.45) is 6.84. The van der Waals surface area contributed by atoms with Gasteiger partial charge in [-0.2, -0.15) is 5.10 Å². The highest BCUT2D eigenvalue weighted by Crippen LogP contribution is 2.18. The molecular weight excluding hydrogens is 308 g/mol. The van der Waals surface area contributed by atoms with Gasteiger partial charge in [-0.1, -0.05) is 6.07 Å². The largest absolute Gasteiger partial charge is 0.347 e. The summed E-state index contributed by atoms with van der Waals surface area (Å²) >= 11 is 1.59. The molecule has 0 unspecified atom stereocenters. The highest BCUT2D eigenvalue weighted by Gasteiger charge is 2.07. The molecule has 0 radical (unpaired) electrons. The first kappa shape index (κ1) is 15.2. The molecule has 3 aromatic heterocycles. The highest BCUT2D eigenvalue weighted by atomic mass is 32.1. The molecule has 3 heterocycles. The number of rotatable bonds is 5. The van der Waals surface area contributed by atoms with Crippen molar-refractivity contribution in [3.8, 4) is 11.3 Å². The molecule has 3 aromatic rings. The van der Waals surface area contributed by atoms with Gasteiger partial charge in [0.05, 0.1) is 17.9 Å². The number of thiophene rings is 1. The molecular formula is C17H16N4OS. The van der Waals surface area contributed by atoms with E-state index in [9.17, 15) is 4.79 Å². The standard InChI is InChI=1S/C17H16N4OS/c1-21-16(13-6-8-18-9-7-13)11-14(20-21)12-19-17(22)5-4-15-3-2-10-23-15/h2-11H,12H2,1H3,(H,19,22)/b5-4+. The summed E-state index contributed by atoms with van der Waals surface area (Å²) in [5, 5.41) is 9.25. The van der Waals surface area contributed by atoms with E-state index in [0.717, 1.165) is 21.8 Å². The van der Waals surface area contributed by atoms with E-state index < -0.39 is 0 Å². The second-order valence-electron chi connectivity index (χ2n) is 4.95. The lowest BCUT2D eigenvalue weighted by atomic mass is 10.2. The first-order chi connectivity index (χ1) is 11.2. The maximum absolute atomic E-state index is 11.8. The van der Waals surface area contributed by atoms with Crippen LogP contribution in [0.4, 0.5) is 0 Å². The smallest absolute Gasteiger partial charge is 0.244 e. The number of nitrogens with one attached hydrogen (secondary N) is 1. The van der Waals surface area contributed by atoms with Gasteiger partial charge >= 0.3 is 0 Å². The minimum Gasteiger partial charge on any atom is -0.347 e. The van der Waals surface area contributed by atoms with E-state index >= 15 is 0 Å².